The third kappa shape index (κ3) is 2.37. The first kappa shape index (κ1) is 11.8. The Bertz CT molecular complexity index is 538. The lowest BCUT2D eigenvalue weighted by atomic mass is 10.2. The van der Waals surface area contributed by atoms with Crippen molar-refractivity contribution < 1.29 is 9.53 Å². The van der Waals surface area contributed by atoms with Crippen molar-refractivity contribution in [2.75, 3.05) is 20.2 Å². The summed E-state index contributed by atoms with van der Waals surface area (Å²) in [5.41, 5.74) is 8.42. The number of thiazole rings is 1. The Labute approximate surface area is 103 Å². The van der Waals surface area contributed by atoms with Crippen molar-refractivity contribution in [1.82, 2.24) is 10.3 Å². The van der Waals surface area contributed by atoms with Crippen LogP contribution in [0.1, 0.15) is 10.4 Å². The Morgan fingerprint density at radius 1 is 1.59 bits per heavy atom. The molecular formula is C11H13N3O2S. The number of methoxy groups -OCH3 is 1. The Hall–Kier alpha value is -1.66. The van der Waals surface area contributed by atoms with Gasteiger partial charge in [-0.05, 0) is 12.1 Å². The zero-order valence-corrected chi connectivity index (χ0v) is 10.2. The van der Waals surface area contributed by atoms with Gasteiger partial charge in [-0.1, -0.05) is 0 Å². The van der Waals surface area contributed by atoms with Gasteiger partial charge in [0.2, 0.25) is 0 Å². The van der Waals surface area contributed by atoms with Gasteiger partial charge in [0.05, 0.1) is 17.3 Å². The van der Waals surface area contributed by atoms with Crippen LogP contribution in [0, 0.1) is 0 Å². The molecule has 17 heavy (non-hydrogen) atoms. The lowest BCUT2D eigenvalue weighted by Gasteiger charge is -2.06. The summed E-state index contributed by atoms with van der Waals surface area (Å²) in [6.45, 7) is 0.882. The quantitative estimate of drug-likeness (QED) is 0.849. The third-order valence-corrected chi connectivity index (χ3v) is 3.09. The maximum atomic E-state index is 11.8. The molecule has 5 nitrogen and oxygen atoms in total. The van der Waals surface area contributed by atoms with Crippen molar-refractivity contribution in [3.63, 3.8) is 0 Å². The maximum absolute atomic E-state index is 11.8. The van der Waals surface area contributed by atoms with Gasteiger partial charge in [-0.2, -0.15) is 0 Å². The summed E-state index contributed by atoms with van der Waals surface area (Å²) in [4.78, 5) is 16.0. The number of hydrogen-bond acceptors (Lipinski definition) is 5. The Morgan fingerprint density at radius 2 is 2.41 bits per heavy atom. The van der Waals surface area contributed by atoms with E-state index in [1.807, 2.05) is 0 Å². The van der Waals surface area contributed by atoms with E-state index in [1.54, 1.807) is 24.8 Å². The predicted molar refractivity (Wildman–Crippen MR) is 67.6 cm³/mol. The largest absolute Gasteiger partial charge is 0.494 e. The topological polar surface area (TPSA) is 77.2 Å². The molecule has 1 aromatic heterocycles. The van der Waals surface area contributed by atoms with E-state index in [0.29, 0.717) is 24.4 Å². The molecule has 0 bridgehead atoms. The Morgan fingerprint density at radius 3 is 3.12 bits per heavy atom. The van der Waals surface area contributed by atoms with Crippen molar-refractivity contribution in [2.45, 2.75) is 0 Å². The Kier molecular flexibility index (Phi) is 3.55. The first-order valence-corrected chi connectivity index (χ1v) is 6.03. The average molecular weight is 251 g/mol. The van der Waals surface area contributed by atoms with Crippen LogP contribution in [0.15, 0.2) is 17.6 Å². The second-order valence-electron chi connectivity index (χ2n) is 3.42. The van der Waals surface area contributed by atoms with Gasteiger partial charge in [-0.15, -0.1) is 11.3 Å². The van der Waals surface area contributed by atoms with Crippen LogP contribution in [-0.2, 0) is 0 Å². The number of ether oxygens (including phenoxy) is 1. The van der Waals surface area contributed by atoms with Crippen molar-refractivity contribution in [3.05, 3.63) is 23.2 Å². The molecule has 0 saturated carbocycles. The lowest BCUT2D eigenvalue weighted by Crippen LogP contribution is -2.28. The van der Waals surface area contributed by atoms with Crippen LogP contribution in [-0.4, -0.2) is 31.1 Å². The number of nitrogens with one attached hydrogen (secondary N) is 1. The molecule has 1 heterocycles. The summed E-state index contributed by atoms with van der Waals surface area (Å²) >= 11 is 1.48. The number of amides is 1. The molecule has 6 heteroatoms. The van der Waals surface area contributed by atoms with Crippen molar-refractivity contribution >= 4 is 27.5 Å². The van der Waals surface area contributed by atoms with E-state index in [1.165, 1.54) is 11.3 Å². The molecular weight excluding hydrogens is 238 g/mol. The van der Waals surface area contributed by atoms with Gasteiger partial charge in [0.15, 0.2) is 0 Å². The van der Waals surface area contributed by atoms with Gasteiger partial charge < -0.3 is 15.8 Å². The van der Waals surface area contributed by atoms with Gasteiger partial charge in [0.25, 0.3) is 5.91 Å². The molecule has 0 atom stereocenters. The number of aromatic nitrogens is 1. The van der Waals surface area contributed by atoms with Gasteiger partial charge in [0, 0.05) is 18.7 Å². The van der Waals surface area contributed by atoms with E-state index >= 15 is 0 Å². The first-order valence-electron chi connectivity index (χ1n) is 5.15. The molecule has 0 fully saturated rings. The summed E-state index contributed by atoms with van der Waals surface area (Å²) in [5, 5.41) is 2.72. The fourth-order valence-electron chi connectivity index (χ4n) is 1.51. The third-order valence-electron chi connectivity index (χ3n) is 2.31. The fraction of sp³-hybridized carbons (Fsp3) is 0.273. The van der Waals surface area contributed by atoms with Crippen LogP contribution < -0.4 is 15.8 Å². The zero-order chi connectivity index (χ0) is 12.3. The zero-order valence-electron chi connectivity index (χ0n) is 9.40. The monoisotopic (exact) mass is 251 g/mol. The number of nitrogens with two attached hydrogens (primary N) is 1. The normalized spacial score (nSPS) is 10.5. The molecule has 0 aliphatic heterocycles. The van der Waals surface area contributed by atoms with Crippen LogP contribution >= 0.6 is 11.3 Å². The van der Waals surface area contributed by atoms with E-state index in [9.17, 15) is 4.79 Å². The molecule has 90 valence electrons. The lowest BCUT2D eigenvalue weighted by molar-refractivity contribution is 0.0954. The van der Waals surface area contributed by atoms with Gasteiger partial charge in [0.1, 0.15) is 11.3 Å². The number of carbonyl (C=O) groups is 1. The number of fused-ring (bicyclic) bond motifs is 1. The second-order valence-corrected chi connectivity index (χ2v) is 4.31. The minimum Gasteiger partial charge on any atom is -0.494 e. The summed E-state index contributed by atoms with van der Waals surface area (Å²) in [6.07, 6.45) is 0. The molecule has 2 rings (SSSR count). The van der Waals surface area contributed by atoms with Crippen LogP contribution in [0.5, 0.6) is 5.75 Å². The molecule has 2 aromatic rings. The molecule has 0 radical (unpaired) electrons. The minimum atomic E-state index is -0.149. The molecule has 1 amide bonds. The maximum Gasteiger partial charge on any atom is 0.251 e. The van der Waals surface area contributed by atoms with Crippen LogP contribution in [0.4, 0.5) is 0 Å². The van der Waals surface area contributed by atoms with E-state index < -0.39 is 0 Å². The molecule has 3 N–H and O–H groups in total. The van der Waals surface area contributed by atoms with Crippen molar-refractivity contribution in [2.24, 2.45) is 5.73 Å². The van der Waals surface area contributed by atoms with Crippen molar-refractivity contribution in [1.29, 1.82) is 0 Å². The van der Waals surface area contributed by atoms with Crippen molar-refractivity contribution in [3.8, 4) is 5.75 Å². The molecule has 0 spiro atoms. The van der Waals surface area contributed by atoms with Gasteiger partial charge in [-0.3, -0.25) is 4.79 Å². The highest BCUT2D eigenvalue weighted by Gasteiger charge is 2.11. The van der Waals surface area contributed by atoms with E-state index in [2.05, 4.69) is 10.3 Å². The highest BCUT2D eigenvalue weighted by molar-refractivity contribution is 7.16. The van der Waals surface area contributed by atoms with Gasteiger partial charge in [-0.25, -0.2) is 4.98 Å². The number of carbonyl (C=O) groups excluding carboxylic acids is 1. The molecule has 0 aliphatic rings. The van der Waals surface area contributed by atoms with Crippen LogP contribution in [0.3, 0.4) is 0 Å². The predicted octanol–water partition coefficient (Wildman–Crippen LogP) is 0.993. The number of hydrogen-bond donors (Lipinski definition) is 2. The molecule has 0 aliphatic carbocycles. The number of nitrogens with zero attached hydrogens (tertiary/aromatic N) is 1. The molecule has 1 aromatic carbocycles. The van der Waals surface area contributed by atoms with E-state index in [4.69, 9.17) is 10.5 Å². The summed E-state index contributed by atoms with van der Waals surface area (Å²) < 4.78 is 6.15. The highest BCUT2D eigenvalue weighted by atomic mass is 32.1. The van der Waals surface area contributed by atoms with Gasteiger partial charge >= 0.3 is 0 Å². The summed E-state index contributed by atoms with van der Waals surface area (Å²) in [6, 6.07) is 3.50. The average Bonchev–Trinajstić information content (AvgIpc) is 2.82. The standard InChI is InChI=1S/C11H13N3O2S/c1-16-8-4-7(11(15)13-3-2-12)5-9-10(8)14-6-17-9/h4-6H,2-3,12H2,1H3,(H,13,15). The van der Waals surface area contributed by atoms with Crippen LogP contribution in [0.25, 0.3) is 10.2 Å². The first-order chi connectivity index (χ1) is 8.26. The molecule has 0 saturated heterocycles. The number of benzene rings is 1. The number of rotatable bonds is 4. The summed E-state index contributed by atoms with van der Waals surface area (Å²) in [5.74, 6) is 0.464. The summed E-state index contributed by atoms with van der Waals surface area (Å²) in [7, 11) is 1.57. The SMILES string of the molecule is COc1cc(C(=O)NCCN)cc2scnc12. The fourth-order valence-corrected chi connectivity index (χ4v) is 2.24. The minimum absolute atomic E-state index is 0.149. The highest BCUT2D eigenvalue weighted by Crippen LogP contribution is 2.28. The van der Waals surface area contributed by atoms with E-state index in [0.717, 1.165) is 10.2 Å². The Balaban J connectivity index is 2.37. The smallest absolute Gasteiger partial charge is 0.251 e. The van der Waals surface area contributed by atoms with E-state index in [-0.39, 0.29) is 5.91 Å². The van der Waals surface area contributed by atoms with Crippen LogP contribution in [0.2, 0.25) is 0 Å². The molecule has 0 unspecified atom stereocenters. The second kappa shape index (κ2) is 5.11.